The molecule has 0 aliphatic carbocycles. The molecule has 2 aromatic carbocycles. The van der Waals surface area contributed by atoms with Gasteiger partial charge in [0.2, 0.25) is 8.32 Å². The van der Waals surface area contributed by atoms with Gasteiger partial charge in [-0.2, -0.15) is 0 Å². The van der Waals surface area contributed by atoms with Gasteiger partial charge in [0.1, 0.15) is 5.75 Å². The van der Waals surface area contributed by atoms with E-state index < -0.39 is 13.6 Å². The average Bonchev–Trinajstić information content (AvgIpc) is 2.77. The number of hydrogen-bond donors (Lipinski definition) is 0. The number of rotatable bonds is 8. The lowest BCUT2D eigenvalue weighted by molar-refractivity contribution is 0.0306. The summed E-state index contributed by atoms with van der Waals surface area (Å²) in [4.78, 5) is 17.0. The number of nitrogens with zero attached hydrogens (tertiary/aromatic N) is 2. The van der Waals surface area contributed by atoms with Gasteiger partial charge in [-0.15, -0.1) is 6.58 Å². The van der Waals surface area contributed by atoms with Crippen molar-refractivity contribution < 1.29 is 9.22 Å². The lowest BCUT2D eigenvalue weighted by Crippen LogP contribution is -2.57. The number of carbonyl (C=O) groups is 1. The van der Waals surface area contributed by atoms with E-state index in [2.05, 4.69) is 94.4 Å². The number of halogens is 1. The third kappa shape index (κ3) is 6.45. The number of hydrogen-bond acceptors (Lipinski definition) is 4. The highest BCUT2D eigenvalue weighted by molar-refractivity contribution is 6.74. The van der Waals surface area contributed by atoms with Crippen molar-refractivity contribution in [1.29, 1.82) is 0 Å². The monoisotopic (exact) mass is 512 g/mol. The molecule has 1 aliphatic heterocycles. The second-order valence-electron chi connectivity index (χ2n) is 11.4. The van der Waals surface area contributed by atoms with Crippen LogP contribution in [0.5, 0.6) is 5.75 Å². The molecular weight excluding hydrogens is 472 g/mol. The van der Waals surface area contributed by atoms with Crippen molar-refractivity contribution in [3.8, 4) is 5.75 Å². The molecule has 1 heterocycles. The van der Waals surface area contributed by atoms with Crippen molar-refractivity contribution >= 4 is 25.2 Å². The fourth-order valence-electron chi connectivity index (χ4n) is 4.61. The molecule has 0 amide bonds. The predicted molar refractivity (Wildman–Crippen MR) is 150 cm³/mol. The zero-order chi connectivity index (χ0) is 26.0. The second-order valence-corrected chi connectivity index (χ2v) is 16.4. The number of piperazine rings is 1. The standard InChI is InChI=1S/C29H41ClN2O2Si/c1-9-16-31-19-22(3)32(20-21(31)2)27(23-12-10-14-25(17-23)28(30)33)24-13-11-15-26(18-24)34-35(7,8)29(4,5)6/h9-15,17-18,21-22,27H,1,16,19-20H2,2-8H3/t21-,22+,27?/m1/s1. The Kier molecular flexibility index (Phi) is 8.69. The first-order valence-corrected chi connectivity index (χ1v) is 15.8. The highest BCUT2D eigenvalue weighted by Gasteiger charge is 2.39. The SMILES string of the molecule is C=CCN1C[C@H](C)N(C(c2cccc(O[Si](C)(C)C(C)(C)C)c2)c2cccc(C(=O)Cl)c2)C[C@H]1C. The van der Waals surface area contributed by atoms with Crippen molar-refractivity contribution in [2.45, 2.75) is 70.9 Å². The van der Waals surface area contributed by atoms with Crippen LogP contribution >= 0.6 is 11.6 Å². The summed E-state index contributed by atoms with van der Waals surface area (Å²) in [6.07, 6.45) is 1.98. The Morgan fingerprint density at radius 2 is 1.74 bits per heavy atom. The van der Waals surface area contributed by atoms with E-state index in [1.54, 1.807) is 6.07 Å². The van der Waals surface area contributed by atoms with E-state index in [4.69, 9.17) is 16.0 Å². The Labute approximate surface area is 218 Å². The van der Waals surface area contributed by atoms with Crippen LogP contribution in [0.25, 0.3) is 0 Å². The van der Waals surface area contributed by atoms with Crippen molar-refractivity contribution in [2.24, 2.45) is 0 Å². The van der Waals surface area contributed by atoms with Crippen LogP contribution in [0.1, 0.15) is 62.1 Å². The normalized spacial score (nSPS) is 20.9. The molecule has 1 unspecified atom stereocenters. The number of benzene rings is 2. The summed E-state index contributed by atoms with van der Waals surface area (Å²) >= 11 is 5.87. The summed E-state index contributed by atoms with van der Waals surface area (Å²) in [5, 5.41) is -0.319. The first-order valence-electron chi connectivity index (χ1n) is 12.5. The van der Waals surface area contributed by atoms with Crippen LogP contribution in [-0.2, 0) is 0 Å². The highest BCUT2D eigenvalue weighted by Crippen LogP contribution is 2.39. The molecule has 0 bridgehead atoms. The molecule has 1 fully saturated rings. The Balaban J connectivity index is 2.06. The zero-order valence-corrected chi connectivity index (χ0v) is 24.1. The van der Waals surface area contributed by atoms with Gasteiger partial charge in [0, 0.05) is 37.3 Å². The molecule has 1 saturated heterocycles. The molecule has 0 radical (unpaired) electrons. The molecule has 0 spiro atoms. The molecule has 190 valence electrons. The minimum absolute atomic E-state index is 0.0164. The van der Waals surface area contributed by atoms with E-state index in [1.165, 1.54) is 0 Å². The fourth-order valence-corrected chi connectivity index (χ4v) is 5.75. The zero-order valence-electron chi connectivity index (χ0n) is 22.3. The van der Waals surface area contributed by atoms with Gasteiger partial charge in [-0.25, -0.2) is 0 Å². The van der Waals surface area contributed by atoms with Crippen molar-refractivity contribution in [1.82, 2.24) is 9.80 Å². The van der Waals surface area contributed by atoms with Crippen LogP contribution in [-0.4, -0.2) is 55.1 Å². The lowest BCUT2D eigenvalue weighted by atomic mass is 9.92. The third-order valence-corrected chi connectivity index (χ3v) is 12.2. The Morgan fingerprint density at radius 1 is 1.11 bits per heavy atom. The molecule has 2 aromatic rings. The van der Waals surface area contributed by atoms with E-state index >= 15 is 0 Å². The molecule has 6 heteroatoms. The van der Waals surface area contributed by atoms with Crippen molar-refractivity contribution in [3.63, 3.8) is 0 Å². The van der Waals surface area contributed by atoms with Gasteiger partial charge < -0.3 is 4.43 Å². The molecule has 0 N–H and O–H groups in total. The van der Waals surface area contributed by atoms with E-state index in [0.717, 1.165) is 36.5 Å². The van der Waals surface area contributed by atoms with Crippen molar-refractivity contribution in [3.05, 3.63) is 77.9 Å². The van der Waals surface area contributed by atoms with Gasteiger partial charge in [0.05, 0.1) is 6.04 Å². The molecule has 3 rings (SSSR count). The quantitative estimate of drug-likeness (QED) is 0.214. The van der Waals surface area contributed by atoms with Gasteiger partial charge in [-0.05, 0) is 72.9 Å². The summed E-state index contributed by atoms with van der Waals surface area (Å²) in [6, 6.07) is 16.9. The maximum atomic E-state index is 12.0. The molecule has 3 atom stereocenters. The highest BCUT2D eigenvalue weighted by atomic mass is 35.5. The summed E-state index contributed by atoms with van der Waals surface area (Å²) in [5.74, 6) is 0.912. The largest absolute Gasteiger partial charge is 0.543 e. The third-order valence-electron chi connectivity index (χ3n) is 7.64. The van der Waals surface area contributed by atoms with Gasteiger partial charge in [-0.1, -0.05) is 57.2 Å². The van der Waals surface area contributed by atoms with Crippen LogP contribution in [0, 0.1) is 0 Å². The molecule has 0 aromatic heterocycles. The van der Waals surface area contributed by atoms with Gasteiger partial charge in [-0.3, -0.25) is 14.6 Å². The van der Waals surface area contributed by atoms with Gasteiger partial charge in [0.25, 0.3) is 5.24 Å². The molecule has 4 nitrogen and oxygen atoms in total. The Hall–Kier alpha value is -1.92. The van der Waals surface area contributed by atoms with Crippen molar-refractivity contribution in [2.75, 3.05) is 19.6 Å². The van der Waals surface area contributed by atoms with Gasteiger partial charge in [0.15, 0.2) is 0 Å². The fraction of sp³-hybridized carbons (Fsp3) is 0.483. The number of carbonyl (C=O) groups excluding carboxylic acids is 1. The van der Waals surface area contributed by atoms with E-state index in [-0.39, 0.29) is 11.1 Å². The Bertz CT molecular complexity index is 1050. The Morgan fingerprint density at radius 3 is 2.34 bits per heavy atom. The minimum atomic E-state index is -1.98. The van der Waals surface area contributed by atoms with Crippen LogP contribution in [0.2, 0.25) is 18.1 Å². The summed E-state index contributed by atoms with van der Waals surface area (Å²) < 4.78 is 6.67. The first kappa shape index (κ1) is 27.7. The van der Waals surface area contributed by atoms with Crippen LogP contribution in [0.3, 0.4) is 0 Å². The maximum Gasteiger partial charge on any atom is 0.252 e. The van der Waals surface area contributed by atoms with Crippen LogP contribution in [0.15, 0.2) is 61.2 Å². The van der Waals surface area contributed by atoms with Crippen LogP contribution < -0.4 is 4.43 Å². The smallest absolute Gasteiger partial charge is 0.252 e. The molecular formula is C29H41ClN2O2Si. The summed E-state index contributed by atoms with van der Waals surface area (Å²) in [7, 11) is -1.98. The summed E-state index contributed by atoms with van der Waals surface area (Å²) in [5.41, 5.74) is 2.75. The molecule has 1 aliphatic rings. The second kappa shape index (κ2) is 11.0. The lowest BCUT2D eigenvalue weighted by Gasteiger charge is -2.47. The molecule has 0 saturated carbocycles. The maximum absolute atomic E-state index is 12.0. The van der Waals surface area contributed by atoms with Crippen LogP contribution in [0.4, 0.5) is 0 Å². The van der Waals surface area contributed by atoms with E-state index in [9.17, 15) is 4.79 Å². The summed E-state index contributed by atoms with van der Waals surface area (Å²) in [6.45, 7) is 22.6. The van der Waals surface area contributed by atoms with E-state index in [1.807, 2.05) is 18.2 Å². The minimum Gasteiger partial charge on any atom is -0.543 e. The van der Waals surface area contributed by atoms with E-state index in [0.29, 0.717) is 17.6 Å². The average molecular weight is 513 g/mol. The predicted octanol–water partition coefficient (Wildman–Crippen LogP) is 7.12. The first-order chi connectivity index (χ1) is 16.3. The molecule has 35 heavy (non-hydrogen) atoms. The topological polar surface area (TPSA) is 32.8 Å². The van der Waals surface area contributed by atoms with Gasteiger partial charge >= 0.3 is 0 Å².